The van der Waals surface area contributed by atoms with E-state index >= 15 is 0 Å². The zero-order chi connectivity index (χ0) is 15.8. The molecule has 1 saturated heterocycles. The predicted octanol–water partition coefficient (Wildman–Crippen LogP) is 2.39. The quantitative estimate of drug-likeness (QED) is 0.648. The Kier molecular flexibility index (Phi) is 6.49. The van der Waals surface area contributed by atoms with Gasteiger partial charge in [-0.1, -0.05) is 19.9 Å². The van der Waals surface area contributed by atoms with Gasteiger partial charge < -0.3 is 15.5 Å². The van der Waals surface area contributed by atoms with E-state index in [0.29, 0.717) is 0 Å². The Labute approximate surface area is 134 Å². The second-order valence-electron chi connectivity index (χ2n) is 6.05. The van der Waals surface area contributed by atoms with Crippen LogP contribution < -0.4 is 15.5 Å². The molecule has 0 aliphatic carbocycles. The monoisotopic (exact) mass is 303 g/mol. The summed E-state index contributed by atoms with van der Waals surface area (Å²) in [5, 5.41) is 6.58. The van der Waals surface area contributed by atoms with Crippen molar-refractivity contribution in [1.29, 1.82) is 0 Å². The maximum atomic E-state index is 4.62. The van der Waals surface area contributed by atoms with Gasteiger partial charge in [0.15, 0.2) is 5.96 Å². The number of aromatic nitrogens is 1. The minimum absolute atomic E-state index is 0.744. The molecule has 1 aromatic heterocycles. The van der Waals surface area contributed by atoms with Crippen molar-refractivity contribution in [3.63, 3.8) is 0 Å². The van der Waals surface area contributed by atoms with E-state index in [1.54, 1.807) is 7.05 Å². The van der Waals surface area contributed by atoms with Crippen LogP contribution in [0.3, 0.4) is 0 Å². The number of piperidine rings is 1. The molecule has 0 spiro atoms. The lowest BCUT2D eigenvalue weighted by atomic mass is 9.99. The number of guanidine groups is 1. The third kappa shape index (κ3) is 4.90. The van der Waals surface area contributed by atoms with Crippen LogP contribution in [0.25, 0.3) is 0 Å². The van der Waals surface area contributed by atoms with Crippen molar-refractivity contribution >= 4 is 11.8 Å². The molecule has 1 aliphatic rings. The average Bonchev–Trinajstić information content (AvgIpc) is 2.56. The number of hydrogen-bond acceptors (Lipinski definition) is 3. The van der Waals surface area contributed by atoms with Gasteiger partial charge in [-0.05, 0) is 36.8 Å². The molecule has 2 heterocycles. The molecule has 1 aromatic rings. The first-order chi connectivity index (χ1) is 10.7. The highest BCUT2D eigenvalue weighted by Gasteiger charge is 2.16. The van der Waals surface area contributed by atoms with Crippen molar-refractivity contribution < 1.29 is 0 Å². The molecular formula is C17H29N5. The van der Waals surface area contributed by atoms with Crippen LogP contribution in [0.5, 0.6) is 0 Å². The zero-order valence-electron chi connectivity index (χ0n) is 14.1. The van der Waals surface area contributed by atoms with Gasteiger partial charge in [-0.15, -0.1) is 0 Å². The molecule has 5 heteroatoms. The van der Waals surface area contributed by atoms with Crippen molar-refractivity contribution in [3.8, 4) is 0 Å². The summed E-state index contributed by atoms with van der Waals surface area (Å²) in [5.41, 5.74) is 1.17. The Balaban J connectivity index is 1.84. The van der Waals surface area contributed by atoms with Gasteiger partial charge in [-0.25, -0.2) is 4.98 Å². The van der Waals surface area contributed by atoms with E-state index < -0.39 is 0 Å². The number of aliphatic imine (C=N–C) groups is 1. The van der Waals surface area contributed by atoms with Crippen molar-refractivity contribution in [2.45, 2.75) is 39.7 Å². The molecule has 0 unspecified atom stereocenters. The highest BCUT2D eigenvalue weighted by Crippen LogP contribution is 2.21. The van der Waals surface area contributed by atoms with Crippen LogP contribution in [0.1, 0.15) is 38.7 Å². The average molecular weight is 303 g/mol. The lowest BCUT2D eigenvalue weighted by molar-refractivity contribution is 0.436. The first-order valence-corrected chi connectivity index (χ1v) is 8.37. The molecule has 1 aliphatic heterocycles. The van der Waals surface area contributed by atoms with E-state index in [2.05, 4.69) is 51.5 Å². The maximum absolute atomic E-state index is 4.62. The molecule has 122 valence electrons. The first-order valence-electron chi connectivity index (χ1n) is 8.37. The van der Waals surface area contributed by atoms with Gasteiger partial charge in [0, 0.05) is 39.4 Å². The van der Waals surface area contributed by atoms with E-state index in [-0.39, 0.29) is 0 Å². The van der Waals surface area contributed by atoms with Crippen LogP contribution >= 0.6 is 0 Å². The van der Waals surface area contributed by atoms with E-state index in [0.717, 1.165) is 50.3 Å². The summed E-state index contributed by atoms with van der Waals surface area (Å²) in [4.78, 5) is 11.2. The normalized spacial score (nSPS) is 16.7. The van der Waals surface area contributed by atoms with Crippen LogP contribution in [0.4, 0.5) is 5.82 Å². The van der Waals surface area contributed by atoms with E-state index in [1.165, 1.54) is 18.4 Å². The molecule has 0 bridgehead atoms. The molecule has 0 atom stereocenters. The number of hydrogen-bond donors (Lipinski definition) is 2. The fourth-order valence-electron chi connectivity index (χ4n) is 2.60. The SMILES string of the molecule is CCCNC(=NC)NCc1ccc(N2CCC(C)CC2)nc1. The minimum Gasteiger partial charge on any atom is -0.357 e. The summed E-state index contributed by atoms with van der Waals surface area (Å²) in [6.45, 7) is 8.40. The lowest BCUT2D eigenvalue weighted by Gasteiger charge is -2.31. The Morgan fingerprint density at radius 3 is 2.68 bits per heavy atom. The number of nitrogens with one attached hydrogen (secondary N) is 2. The van der Waals surface area contributed by atoms with Crippen LogP contribution in [0.2, 0.25) is 0 Å². The second-order valence-corrected chi connectivity index (χ2v) is 6.05. The molecule has 0 aromatic carbocycles. The van der Waals surface area contributed by atoms with Crippen LogP contribution in [-0.4, -0.2) is 37.6 Å². The fraction of sp³-hybridized carbons (Fsp3) is 0.647. The van der Waals surface area contributed by atoms with Crippen LogP contribution in [0, 0.1) is 5.92 Å². The molecule has 0 radical (unpaired) electrons. The van der Waals surface area contributed by atoms with E-state index in [9.17, 15) is 0 Å². The van der Waals surface area contributed by atoms with Gasteiger partial charge in [0.2, 0.25) is 0 Å². The zero-order valence-corrected chi connectivity index (χ0v) is 14.1. The summed E-state index contributed by atoms with van der Waals surface area (Å²) < 4.78 is 0. The molecular weight excluding hydrogens is 274 g/mol. The maximum Gasteiger partial charge on any atom is 0.191 e. The number of nitrogens with zero attached hydrogens (tertiary/aromatic N) is 3. The highest BCUT2D eigenvalue weighted by molar-refractivity contribution is 5.79. The smallest absolute Gasteiger partial charge is 0.191 e. The van der Waals surface area contributed by atoms with Crippen molar-refractivity contribution in [2.24, 2.45) is 10.9 Å². The number of pyridine rings is 1. The summed E-state index contributed by atoms with van der Waals surface area (Å²) in [6, 6.07) is 4.29. The van der Waals surface area contributed by atoms with Crippen molar-refractivity contribution in [1.82, 2.24) is 15.6 Å². The standard InChI is InChI=1S/C17H29N5/c1-4-9-19-17(18-3)21-13-15-5-6-16(20-12-15)22-10-7-14(2)8-11-22/h5-6,12,14H,4,7-11,13H2,1-3H3,(H2,18,19,21). The molecule has 22 heavy (non-hydrogen) atoms. The van der Waals surface area contributed by atoms with Gasteiger partial charge in [0.05, 0.1) is 0 Å². The summed E-state index contributed by atoms with van der Waals surface area (Å²) in [5.74, 6) is 2.79. The largest absolute Gasteiger partial charge is 0.357 e. The van der Waals surface area contributed by atoms with E-state index in [4.69, 9.17) is 0 Å². The third-order valence-electron chi connectivity index (χ3n) is 4.14. The predicted molar refractivity (Wildman–Crippen MR) is 93.3 cm³/mol. The highest BCUT2D eigenvalue weighted by atomic mass is 15.2. The summed E-state index contributed by atoms with van der Waals surface area (Å²) in [6.07, 6.45) is 5.59. The third-order valence-corrected chi connectivity index (χ3v) is 4.14. The molecule has 0 saturated carbocycles. The van der Waals surface area contributed by atoms with Crippen LogP contribution in [0.15, 0.2) is 23.3 Å². The lowest BCUT2D eigenvalue weighted by Crippen LogP contribution is -2.37. The summed E-state index contributed by atoms with van der Waals surface area (Å²) >= 11 is 0. The molecule has 5 nitrogen and oxygen atoms in total. The van der Waals surface area contributed by atoms with Gasteiger partial charge >= 0.3 is 0 Å². The Morgan fingerprint density at radius 2 is 2.09 bits per heavy atom. The Morgan fingerprint density at radius 1 is 1.32 bits per heavy atom. The molecule has 1 fully saturated rings. The van der Waals surface area contributed by atoms with Gasteiger partial charge in [0.1, 0.15) is 5.82 Å². The molecule has 2 N–H and O–H groups in total. The first kappa shape index (κ1) is 16.6. The van der Waals surface area contributed by atoms with Crippen molar-refractivity contribution in [3.05, 3.63) is 23.9 Å². The summed E-state index contributed by atoms with van der Waals surface area (Å²) in [7, 11) is 1.80. The second kappa shape index (κ2) is 8.61. The molecule has 2 rings (SSSR count). The van der Waals surface area contributed by atoms with E-state index in [1.807, 2.05) is 6.20 Å². The Hall–Kier alpha value is -1.78. The van der Waals surface area contributed by atoms with Gasteiger partial charge in [-0.2, -0.15) is 0 Å². The van der Waals surface area contributed by atoms with Crippen LogP contribution in [-0.2, 0) is 6.54 Å². The van der Waals surface area contributed by atoms with Crippen molar-refractivity contribution in [2.75, 3.05) is 31.6 Å². The Bertz CT molecular complexity index is 460. The number of rotatable bonds is 5. The fourth-order valence-corrected chi connectivity index (χ4v) is 2.60. The topological polar surface area (TPSA) is 52.6 Å². The molecule has 0 amide bonds. The number of anilines is 1. The minimum atomic E-state index is 0.744. The van der Waals surface area contributed by atoms with Gasteiger partial charge in [-0.3, -0.25) is 4.99 Å². The van der Waals surface area contributed by atoms with Gasteiger partial charge in [0.25, 0.3) is 0 Å².